The van der Waals surface area contributed by atoms with Crippen molar-refractivity contribution in [1.29, 1.82) is 0 Å². The van der Waals surface area contributed by atoms with Crippen LogP contribution in [0.3, 0.4) is 0 Å². The first-order valence-electron chi connectivity index (χ1n) is 5.52. The number of ketones is 1. The number of anilines is 1. The number of carbonyl (C=O) groups excluding carboxylic acids is 1. The summed E-state index contributed by atoms with van der Waals surface area (Å²) in [5.74, 6) is -0.0443. The summed E-state index contributed by atoms with van der Waals surface area (Å²) in [5.41, 5.74) is 1.25. The van der Waals surface area contributed by atoms with Gasteiger partial charge in [0.05, 0.1) is 24.5 Å². The van der Waals surface area contributed by atoms with Crippen molar-refractivity contribution in [3.05, 3.63) is 23.8 Å². The normalized spacial score (nSPS) is 15.9. The zero-order valence-electron chi connectivity index (χ0n) is 9.43. The number of Topliss-reactive ketones (excluding diaryl/α,β-unsaturated/α-hetero) is 1. The number of morpholine rings is 1. The standard InChI is InChI=1S/C12H15NO3S/c14-11-7-9(13-3-5-16-6-4-13)1-2-10(11)12(15)8-17/h1-2,7,14,17H,3-6,8H2. The predicted molar refractivity (Wildman–Crippen MR) is 69.3 cm³/mol. The summed E-state index contributed by atoms with van der Waals surface area (Å²) in [5, 5.41) is 9.81. The number of phenols is 1. The highest BCUT2D eigenvalue weighted by atomic mass is 32.1. The largest absolute Gasteiger partial charge is 0.507 e. The molecular formula is C12H15NO3S. The van der Waals surface area contributed by atoms with Crippen LogP contribution in [-0.4, -0.2) is 42.9 Å². The molecule has 0 aromatic heterocycles. The van der Waals surface area contributed by atoms with Crippen molar-refractivity contribution in [2.75, 3.05) is 37.0 Å². The molecule has 0 amide bonds. The number of aromatic hydroxyl groups is 1. The Labute approximate surface area is 106 Å². The molecule has 1 saturated heterocycles. The maximum Gasteiger partial charge on any atom is 0.176 e. The van der Waals surface area contributed by atoms with Gasteiger partial charge in [-0.05, 0) is 12.1 Å². The van der Waals surface area contributed by atoms with Crippen LogP contribution in [0.2, 0.25) is 0 Å². The number of benzene rings is 1. The van der Waals surface area contributed by atoms with E-state index in [1.807, 2.05) is 6.07 Å². The Morgan fingerprint density at radius 2 is 2.12 bits per heavy atom. The van der Waals surface area contributed by atoms with Crippen LogP contribution in [0.5, 0.6) is 5.75 Å². The summed E-state index contributed by atoms with van der Waals surface area (Å²) >= 11 is 3.91. The van der Waals surface area contributed by atoms with Gasteiger partial charge in [0.15, 0.2) is 5.78 Å². The van der Waals surface area contributed by atoms with Gasteiger partial charge in [-0.15, -0.1) is 0 Å². The third-order valence-electron chi connectivity index (χ3n) is 2.80. The second-order valence-corrected chi connectivity index (χ2v) is 4.20. The number of carbonyl (C=O) groups is 1. The molecule has 92 valence electrons. The molecule has 0 radical (unpaired) electrons. The molecule has 0 saturated carbocycles. The van der Waals surface area contributed by atoms with E-state index >= 15 is 0 Å². The number of nitrogens with zero attached hydrogens (tertiary/aromatic N) is 1. The number of hydrogen-bond donors (Lipinski definition) is 2. The summed E-state index contributed by atoms with van der Waals surface area (Å²) in [6.45, 7) is 2.99. The van der Waals surface area contributed by atoms with Crippen molar-refractivity contribution in [1.82, 2.24) is 0 Å². The van der Waals surface area contributed by atoms with E-state index in [4.69, 9.17) is 4.74 Å². The fourth-order valence-electron chi connectivity index (χ4n) is 1.86. The molecule has 1 aliphatic rings. The molecule has 17 heavy (non-hydrogen) atoms. The fourth-order valence-corrected chi connectivity index (χ4v) is 2.03. The Hall–Kier alpha value is -1.20. The third kappa shape index (κ3) is 2.73. The molecule has 2 rings (SSSR count). The first-order valence-corrected chi connectivity index (χ1v) is 6.15. The van der Waals surface area contributed by atoms with Crippen molar-refractivity contribution in [3.8, 4) is 5.75 Å². The van der Waals surface area contributed by atoms with E-state index in [1.165, 1.54) is 0 Å². The molecule has 5 heteroatoms. The van der Waals surface area contributed by atoms with Crippen molar-refractivity contribution >= 4 is 24.1 Å². The molecule has 1 aliphatic heterocycles. The van der Waals surface area contributed by atoms with E-state index in [2.05, 4.69) is 17.5 Å². The number of rotatable bonds is 3. The summed E-state index contributed by atoms with van der Waals surface area (Å²) in [4.78, 5) is 13.6. The fraction of sp³-hybridized carbons (Fsp3) is 0.417. The molecule has 4 nitrogen and oxygen atoms in total. The van der Waals surface area contributed by atoms with E-state index in [0.717, 1.165) is 18.8 Å². The summed E-state index contributed by atoms with van der Waals surface area (Å²) < 4.78 is 5.26. The maximum atomic E-state index is 11.5. The van der Waals surface area contributed by atoms with Crippen molar-refractivity contribution in [3.63, 3.8) is 0 Å². The van der Waals surface area contributed by atoms with Crippen LogP contribution in [0.25, 0.3) is 0 Å². The Kier molecular flexibility index (Phi) is 3.91. The maximum absolute atomic E-state index is 11.5. The Balaban J connectivity index is 2.20. The van der Waals surface area contributed by atoms with Gasteiger partial charge in [-0.1, -0.05) is 0 Å². The van der Waals surface area contributed by atoms with Gasteiger partial charge < -0.3 is 14.7 Å². The number of ether oxygens (including phenoxy) is 1. The smallest absolute Gasteiger partial charge is 0.176 e. The van der Waals surface area contributed by atoms with Crippen LogP contribution in [0.15, 0.2) is 18.2 Å². The lowest BCUT2D eigenvalue weighted by Crippen LogP contribution is -2.36. The number of hydrogen-bond acceptors (Lipinski definition) is 5. The van der Waals surface area contributed by atoms with Gasteiger partial charge in [-0.25, -0.2) is 0 Å². The average molecular weight is 253 g/mol. The lowest BCUT2D eigenvalue weighted by atomic mass is 10.1. The van der Waals surface area contributed by atoms with Gasteiger partial charge >= 0.3 is 0 Å². The molecule has 1 fully saturated rings. The van der Waals surface area contributed by atoms with E-state index in [9.17, 15) is 9.90 Å². The van der Waals surface area contributed by atoms with E-state index in [0.29, 0.717) is 18.8 Å². The monoisotopic (exact) mass is 253 g/mol. The third-order valence-corrected chi connectivity index (χ3v) is 3.09. The second-order valence-electron chi connectivity index (χ2n) is 3.88. The van der Waals surface area contributed by atoms with E-state index in [1.54, 1.807) is 12.1 Å². The Morgan fingerprint density at radius 3 is 2.71 bits per heavy atom. The van der Waals surface area contributed by atoms with E-state index < -0.39 is 0 Å². The molecule has 0 bridgehead atoms. The zero-order valence-corrected chi connectivity index (χ0v) is 10.3. The minimum absolute atomic E-state index is 0.0213. The molecule has 0 aliphatic carbocycles. The molecule has 1 aromatic carbocycles. The SMILES string of the molecule is O=C(CS)c1ccc(N2CCOCC2)cc1O. The Morgan fingerprint density at radius 1 is 1.41 bits per heavy atom. The van der Waals surface area contributed by atoms with Crippen molar-refractivity contribution in [2.45, 2.75) is 0 Å². The highest BCUT2D eigenvalue weighted by Crippen LogP contribution is 2.25. The molecule has 1 N–H and O–H groups in total. The predicted octanol–water partition coefficient (Wildman–Crippen LogP) is 1.34. The highest BCUT2D eigenvalue weighted by molar-refractivity contribution is 7.81. The summed E-state index contributed by atoms with van der Waals surface area (Å²) in [6.07, 6.45) is 0. The van der Waals surface area contributed by atoms with Crippen LogP contribution in [-0.2, 0) is 4.74 Å². The molecule has 1 heterocycles. The number of thiol groups is 1. The summed E-state index contributed by atoms with van der Waals surface area (Å²) in [6, 6.07) is 5.13. The van der Waals surface area contributed by atoms with Gasteiger partial charge in [0.1, 0.15) is 5.75 Å². The van der Waals surface area contributed by atoms with Crippen LogP contribution in [0, 0.1) is 0 Å². The van der Waals surface area contributed by atoms with Gasteiger partial charge in [-0.2, -0.15) is 12.6 Å². The van der Waals surface area contributed by atoms with Crippen LogP contribution in [0.4, 0.5) is 5.69 Å². The molecular weight excluding hydrogens is 238 g/mol. The lowest BCUT2D eigenvalue weighted by molar-refractivity contribution is 0.102. The second kappa shape index (κ2) is 5.42. The van der Waals surface area contributed by atoms with Gasteiger partial charge in [0.25, 0.3) is 0 Å². The molecule has 0 atom stereocenters. The van der Waals surface area contributed by atoms with Crippen LogP contribution < -0.4 is 4.90 Å². The summed E-state index contributed by atoms with van der Waals surface area (Å²) in [7, 11) is 0. The van der Waals surface area contributed by atoms with Gasteiger partial charge in [0, 0.05) is 24.8 Å². The first kappa shape index (κ1) is 12.3. The molecule has 0 unspecified atom stereocenters. The average Bonchev–Trinajstić information content (AvgIpc) is 2.39. The zero-order chi connectivity index (χ0) is 12.3. The van der Waals surface area contributed by atoms with Crippen LogP contribution >= 0.6 is 12.6 Å². The molecule has 0 spiro atoms. The lowest BCUT2D eigenvalue weighted by Gasteiger charge is -2.29. The van der Waals surface area contributed by atoms with Gasteiger partial charge in [0.2, 0.25) is 0 Å². The van der Waals surface area contributed by atoms with Gasteiger partial charge in [-0.3, -0.25) is 4.79 Å². The quantitative estimate of drug-likeness (QED) is 0.630. The minimum atomic E-state index is -0.167. The van der Waals surface area contributed by atoms with Crippen molar-refractivity contribution in [2.24, 2.45) is 0 Å². The van der Waals surface area contributed by atoms with E-state index in [-0.39, 0.29) is 17.3 Å². The number of phenolic OH excluding ortho intramolecular Hbond substituents is 1. The Bertz CT molecular complexity index is 416. The first-order chi connectivity index (χ1) is 8.22. The minimum Gasteiger partial charge on any atom is -0.507 e. The van der Waals surface area contributed by atoms with Crippen LogP contribution in [0.1, 0.15) is 10.4 Å². The van der Waals surface area contributed by atoms with Crippen molar-refractivity contribution < 1.29 is 14.6 Å². The molecule has 1 aromatic rings. The topological polar surface area (TPSA) is 49.8 Å². The highest BCUT2D eigenvalue weighted by Gasteiger charge is 2.15.